The largest absolute Gasteiger partial charge is 0.363 e. The number of benzene rings is 1. The molecule has 0 amide bonds. The lowest BCUT2D eigenvalue weighted by Gasteiger charge is -2.24. The molecular weight excluding hydrogens is 318 g/mol. The van der Waals surface area contributed by atoms with E-state index in [0.29, 0.717) is 12.8 Å². The SMILES string of the molecule is CC1(NS(=O)(=O)c2ccc([N+](=O)[O-])nc2)Cc2ccccc2C1. The Kier molecular flexibility index (Phi) is 3.65. The lowest BCUT2D eigenvalue weighted by molar-refractivity contribution is -0.389. The average Bonchev–Trinajstić information content (AvgIpc) is 2.82. The first-order valence-electron chi connectivity index (χ1n) is 7.00. The summed E-state index contributed by atoms with van der Waals surface area (Å²) in [5.41, 5.74) is 1.63. The maximum absolute atomic E-state index is 12.5. The van der Waals surface area contributed by atoms with Crippen molar-refractivity contribution in [2.24, 2.45) is 0 Å². The third kappa shape index (κ3) is 3.08. The van der Waals surface area contributed by atoms with E-state index in [4.69, 9.17) is 0 Å². The van der Waals surface area contributed by atoms with Crippen LogP contribution in [0.1, 0.15) is 18.1 Å². The number of sulfonamides is 1. The third-order valence-electron chi connectivity index (χ3n) is 3.88. The van der Waals surface area contributed by atoms with Crippen molar-refractivity contribution >= 4 is 15.8 Å². The Balaban J connectivity index is 1.83. The van der Waals surface area contributed by atoms with Gasteiger partial charge in [-0.25, -0.2) is 13.1 Å². The molecule has 0 fully saturated rings. The summed E-state index contributed by atoms with van der Waals surface area (Å²) < 4.78 is 27.7. The fourth-order valence-electron chi connectivity index (χ4n) is 2.90. The fraction of sp³-hybridized carbons (Fsp3) is 0.267. The minimum atomic E-state index is -3.80. The second kappa shape index (κ2) is 5.39. The van der Waals surface area contributed by atoms with Crippen LogP contribution in [0.25, 0.3) is 0 Å². The van der Waals surface area contributed by atoms with Crippen LogP contribution in [0, 0.1) is 10.1 Å². The minimum absolute atomic E-state index is 0.0831. The zero-order valence-electron chi connectivity index (χ0n) is 12.4. The van der Waals surface area contributed by atoms with Crippen LogP contribution >= 0.6 is 0 Å². The van der Waals surface area contributed by atoms with Crippen molar-refractivity contribution in [1.29, 1.82) is 0 Å². The molecule has 3 rings (SSSR count). The first kappa shape index (κ1) is 15.6. The number of nitrogens with zero attached hydrogens (tertiary/aromatic N) is 2. The Labute approximate surface area is 133 Å². The van der Waals surface area contributed by atoms with Gasteiger partial charge in [0.05, 0.1) is 0 Å². The Morgan fingerprint density at radius 1 is 1.17 bits per heavy atom. The van der Waals surface area contributed by atoms with Gasteiger partial charge in [0, 0.05) is 11.6 Å². The predicted molar refractivity (Wildman–Crippen MR) is 83.5 cm³/mol. The minimum Gasteiger partial charge on any atom is -0.358 e. The zero-order valence-corrected chi connectivity index (χ0v) is 13.2. The van der Waals surface area contributed by atoms with Crippen molar-refractivity contribution in [3.63, 3.8) is 0 Å². The van der Waals surface area contributed by atoms with Crippen LogP contribution < -0.4 is 4.72 Å². The molecule has 0 radical (unpaired) electrons. The lowest BCUT2D eigenvalue weighted by atomic mass is 10.0. The van der Waals surface area contributed by atoms with E-state index >= 15 is 0 Å². The topological polar surface area (TPSA) is 102 Å². The number of aromatic nitrogens is 1. The highest BCUT2D eigenvalue weighted by molar-refractivity contribution is 7.89. The molecule has 1 aliphatic rings. The average molecular weight is 333 g/mol. The first-order chi connectivity index (χ1) is 10.8. The van der Waals surface area contributed by atoms with Crippen molar-refractivity contribution < 1.29 is 13.3 Å². The van der Waals surface area contributed by atoms with Crippen LogP contribution in [-0.2, 0) is 22.9 Å². The highest BCUT2D eigenvalue weighted by atomic mass is 32.2. The Bertz CT molecular complexity index is 838. The van der Waals surface area contributed by atoms with Gasteiger partial charge in [0.1, 0.15) is 4.90 Å². The predicted octanol–water partition coefficient (Wildman–Crippen LogP) is 1.83. The molecule has 0 spiro atoms. The van der Waals surface area contributed by atoms with Crippen LogP contribution in [0.4, 0.5) is 5.82 Å². The maximum atomic E-state index is 12.5. The van der Waals surface area contributed by atoms with Crippen molar-refractivity contribution in [3.05, 3.63) is 63.8 Å². The highest BCUT2D eigenvalue weighted by Crippen LogP contribution is 2.31. The zero-order chi connectivity index (χ0) is 16.7. The van der Waals surface area contributed by atoms with Crippen molar-refractivity contribution in [2.75, 3.05) is 0 Å². The Morgan fingerprint density at radius 2 is 1.78 bits per heavy atom. The van der Waals surface area contributed by atoms with E-state index in [2.05, 4.69) is 9.71 Å². The van der Waals surface area contributed by atoms with E-state index in [9.17, 15) is 18.5 Å². The summed E-state index contributed by atoms with van der Waals surface area (Å²) in [5.74, 6) is -0.386. The van der Waals surface area contributed by atoms with Crippen LogP contribution in [0.2, 0.25) is 0 Å². The number of fused-ring (bicyclic) bond motifs is 1. The number of nitrogens with one attached hydrogen (secondary N) is 1. The molecule has 2 aromatic rings. The van der Waals surface area contributed by atoms with Gasteiger partial charge in [-0.2, -0.15) is 0 Å². The van der Waals surface area contributed by atoms with E-state index in [-0.39, 0.29) is 10.7 Å². The molecule has 0 saturated heterocycles. The fourth-order valence-corrected chi connectivity index (χ4v) is 4.25. The summed E-state index contributed by atoms with van der Waals surface area (Å²) in [6.45, 7) is 1.85. The summed E-state index contributed by atoms with van der Waals surface area (Å²) >= 11 is 0. The second-order valence-electron chi connectivity index (χ2n) is 5.90. The van der Waals surface area contributed by atoms with E-state index in [0.717, 1.165) is 23.4 Å². The van der Waals surface area contributed by atoms with Gasteiger partial charge >= 0.3 is 5.82 Å². The summed E-state index contributed by atoms with van der Waals surface area (Å²) in [6, 6.07) is 10.1. The molecule has 120 valence electrons. The van der Waals surface area contributed by atoms with Crippen molar-refractivity contribution in [2.45, 2.75) is 30.2 Å². The Hall–Kier alpha value is -2.32. The van der Waals surface area contributed by atoms with Gasteiger partial charge in [-0.05, 0) is 46.9 Å². The van der Waals surface area contributed by atoms with Crippen molar-refractivity contribution in [1.82, 2.24) is 9.71 Å². The number of nitro groups is 1. The van der Waals surface area contributed by atoms with Gasteiger partial charge < -0.3 is 10.1 Å². The van der Waals surface area contributed by atoms with Gasteiger partial charge in [0.2, 0.25) is 10.0 Å². The smallest absolute Gasteiger partial charge is 0.358 e. The van der Waals surface area contributed by atoms with Gasteiger partial charge in [-0.1, -0.05) is 24.3 Å². The van der Waals surface area contributed by atoms with E-state index in [1.807, 2.05) is 31.2 Å². The third-order valence-corrected chi connectivity index (χ3v) is 5.50. The molecule has 1 aromatic carbocycles. The number of rotatable bonds is 4. The molecule has 7 nitrogen and oxygen atoms in total. The Morgan fingerprint density at radius 3 is 2.26 bits per heavy atom. The first-order valence-corrected chi connectivity index (χ1v) is 8.49. The monoisotopic (exact) mass is 333 g/mol. The summed E-state index contributed by atoms with van der Waals surface area (Å²) in [7, 11) is -3.80. The summed E-state index contributed by atoms with van der Waals surface area (Å²) in [4.78, 5) is 13.4. The van der Waals surface area contributed by atoms with E-state index < -0.39 is 20.5 Å². The second-order valence-corrected chi connectivity index (χ2v) is 7.58. The molecule has 1 aromatic heterocycles. The van der Waals surface area contributed by atoms with Crippen molar-refractivity contribution in [3.8, 4) is 0 Å². The number of hydrogen-bond acceptors (Lipinski definition) is 5. The van der Waals surface area contributed by atoms with E-state index in [1.165, 1.54) is 6.07 Å². The van der Waals surface area contributed by atoms with Gasteiger partial charge in [-0.15, -0.1) is 0 Å². The number of pyridine rings is 1. The normalized spacial score (nSPS) is 16.0. The quantitative estimate of drug-likeness (QED) is 0.679. The molecule has 1 N–H and O–H groups in total. The van der Waals surface area contributed by atoms with Crippen LogP contribution in [0.5, 0.6) is 0 Å². The van der Waals surface area contributed by atoms with Gasteiger partial charge in [0.15, 0.2) is 6.20 Å². The molecule has 23 heavy (non-hydrogen) atoms. The standard InChI is InChI=1S/C15H15N3O4S/c1-15(8-11-4-2-3-5-12(11)9-15)17-23(21,22)13-6-7-14(16-10-13)18(19)20/h2-7,10,17H,8-9H2,1H3. The lowest BCUT2D eigenvalue weighted by Crippen LogP contribution is -2.46. The summed E-state index contributed by atoms with van der Waals surface area (Å²) in [6.07, 6.45) is 2.21. The van der Waals surface area contributed by atoms with Crippen LogP contribution in [-0.4, -0.2) is 23.9 Å². The van der Waals surface area contributed by atoms with Crippen LogP contribution in [0.15, 0.2) is 47.5 Å². The molecule has 1 heterocycles. The van der Waals surface area contributed by atoms with Gasteiger partial charge in [-0.3, -0.25) is 0 Å². The van der Waals surface area contributed by atoms with Crippen LogP contribution in [0.3, 0.4) is 0 Å². The summed E-state index contributed by atoms with van der Waals surface area (Å²) in [5, 5.41) is 10.6. The molecule has 0 aliphatic heterocycles. The molecule has 1 aliphatic carbocycles. The number of hydrogen-bond donors (Lipinski definition) is 1. The molecule has 0 unspecified atom stereocenters. The van der Waals surface area contributed by atoms with Gasteiger partial charge in [0.25, 0.3) is 0 Å². The molecule has 0 saturated carbocycles. The molecule has 0 bridgehead atoms. The maximum Gasteiger partial charge on any atom is 0.363 e. The highest BCUT2D eigenvalue weighted by Gasteiger charge is 2.37. The molecule has 8 heteroatoms. The van der Waals surface area contributed by atoms with E-state index in [1.54, 1.807) is 0 Å². The molecule has 0 atom stereocenters. The molecular formula is C15H15N3O4S.